The highest BCUT2D eigenvalue weighted by Gasteiger charge is 2.70. The lowest BCUT2D eigenvalue weighted by Crippen LogP contribution is -2.67. The van der Waals surface area contributed by atoms with Gasteiger partial charge in [-0.2, -0.15) is 0 Å². The van der Waals surface area contributed by atoms with Crippen molar-refractivity contribution in [1.82, 2.24) is 0 Å². The van der Waals surface area contributed by atoms with E-state index < -0.39 is 17.1 Å². The van der Waals surface area contributed by atoms with Gasteiger partial charge in [0.05, 0.1) is 17.8 Å². The Morgan fingerprint density at radius 3 is 2.54 bits per heavy atom. The van der Waals surface area contributed by atoms with E-state index in [2.05, 4.69) is 6.92 Å². The van der Waals surface area contributed by atoms with Crippen molar-refractivity contribution < 1.29 is 24.9 Å². The van der Waals surface area contributed by atoms with Gasteiger partial charge in [-0.3, -0.25) is 0 Å². The molecule has 5 rings (SSSR count). The normalized spacial score (nSPS) is 55.8. The molecule has 0 spiro atoms. The molecule has 0 aromatic rings. The number of hydrogen-bond acceptors (Lipinski definition) is 5. The molecule has 3 N–H and O–H groups in total. The van der Waals surface area contributed by atoms with Crippen LogP contribution < -0.4 is 0 Å². The number of fused-ring (bicyclic) bond motifs is 5. The van der Waals surface area contributed by atoms with Crippen LogP contribution in [0.1, 0.15) is 65.2 Å². The summed E-state index contributed by atoms with van der Waals surface area (Å²) in [5, 5.41) is 33.7. The summed E-state index contributed by atoms with van der Waals surface area (Å²) >= 11 is 0. The van der Waals surface area contributed by atoms with E-state index in [1.54, 1.807) is 6.08 Å². The zero-order valence-corrected chi connectivity index (χ0v) is 17.1. The molecule has 4 saturated carbocycles. The van der Waals surface area contributed by atoms with Crippen LogP contribution in [-0.4, -0.2) is 45.7 Å². The van der Waals surface area contributed by atoms with Crippen molar-refractivity contribution in [3.05, 3.63) is 11.6 Å². The smallest absolute Gasteiger partial charge is 0.331 e. The molecule has 156 valence electrons. The van der Waals surface area contributed by atoms with Crippen LogP contribution in [0.2, 0.25) is 0 Å². The maximum absolute atomic E-state index is 12.1. The highest BCUT2D eigenvalue weighted by molar-refractivity contribution is 5.85. The lowest BCUT2D eigenvalue weighted by molar-refractivity contribution is -0.244. The molecule has 0 saturated heterocycles. The van der Waals surface area contributed by atoms with Gasteiger partial charge in [0.15, 0.2) is 0 Å². The molecule has 0 aromatic carbocycles. The summed E-state index contributed by atoms with van der Waals surface area (Å²) in [6.07, 6.45) is 7.69. The number of aliphatic hydroxyl groups excluding tert-OH is 2. The zero-order chi connectivity index (χ0) is 19.9. The van der Waals surface area contributed by atoms with Crippen LogP contribution in [0.4, 0.5) is 0 Å². The van der Waals surface area contributed by atoms with Crippen LogP contribution in [0.15, 0.2) is 11.6 Å². The molecule has 1 aliphatic heterocycles. The summed E-state index contributed by atoms with van der Waals surface area (Å²) in [4.78, 5) is 11.6. The highest BCUT2D eigenvalue weighted by atomic mass is 16.5. The van der Waals surface area contributed by atoms with E-state index in [0.717, 1.165) is 44.1 Å². The van der Waals surface area contributed by atoms with Crippen molar-refractivity contribution in [3.63, 3.8) is 0 Å². The summed E-state index contributed by atoms with van der Waals surface area (Å²) in [5.41, 5.74) is -0.507. The van der Waals surface area contributed by atoms with Gasteiger partial charge in [0.1, 0.15) is 6.61 Å². The second-order valence-electron chi connectivity index (χ2n) is 10.8. The Bertz CT molecular complexity index is 718. The first-order valence-electron chi connectivity index (χ1n) is 11.2. The molecule has 5 heteroatoms. The molecule has 0 aromatic heterocycles. The average molecular weight is 391 g/mol. The van der Waals surface area contributed by atoms with E-state index in [0.29, 0.717) is 31.3 Å². The van der Waals surface area contributed by atoms with Crippen LogP contribution in [0.5, 0.6) is 0 Å². The van der Waals surface area contributed by atoms with Gasteiger partial charge in [-0.25, -0.2) is 4.79 Å². The number of cyclic esters (lactones) is 1. The SMILES string of the molecule is C[C@]12CC[C@H](O)C[C@@H]1CC[C@@H]1[C@@H]2C[C@H](O)[C@]2(C)[C@H](C3=CC(=O)OC3)CC[C@]12O. The third kappa shape index (κ3) is 2.27. The van der Waals surface area contributed by atoms with Gasteiger partial charge in [0, 0.05) is 11.5 Å². The molecule has 4 fully saturated rings. The number of carbonyl (C=O) groups is 1. The van der Waals surface area contributed by atoms with Gasteiger partial charge in [0.2, 0.25) is 0 Å². The zero-order valence-electron chi connectivity index (χ0n) is 17.1. The minimum Gasteiger partial charge on any atom is -0.458 e. The fourth-order valence-electron chi connectivity index (χ4n) is 8.37. The average Bonchev–Trinajstić information content (AvgIpc) is 3.19. The molecule has 9 atom stereocenters. The summed E-state index contributed by atoms with van der Waals surface area (Å²) in [6, 6.07) is 0. The standard InChI is InChI=1S/C23H34O5/c1-21-7-5-15(24)10-14(21)3-4-17-18(21)11-19(25)22(2)16(6-8-23(17,22)27)13-9-20(26)28-12-13/h9,14-19,24-25,27H,3-8,10-12H2,1-2H3/t14-,15-,16-,17+,18-,19-,21-,22-,23-/m0/s1. The third-order valence-electron chi connectivity index (χ3n) is 10.0. The van der Waals surface area contributed by atoms with Gasteiger partial charge in [-0.15, -0.1) is 0 Å². The molecule has 0 amide bonds. The van der Waals surface area contributed by atoms with Gasteiger partial charge in [-0.05, 0) is 86.0 Å². The first-order chi connectivity index (χ1) is 13.2. The van der Waals surface area contributed by atoms with E-state index in [1.807, 2.05) is 6.92 Å². The number of hydrogen-bond donors (Lipinski definition) is 3. The Kier molecular flexibility index (Phi) is 4.12. The van der Waals surface area contributed by atoms with E-state index in [4.69, 9.17) is 4.74 Å². The monoisotopic (exact) mass is 390 g/mol. The van der Waals surface area contributed by atoms with Gasteiger partial charge >= 0.3 is 5.97 Å². The van der Waals surface area contributed by atoms with E-state index in [9.17, 15) is 20.1 Å². The van der Waals surface area contributed by atoms with Crippen LogP contribution >= 0.6 is 0 Å². The third-order valence-corrected chi connectivity index (χ3v) is 10.0. The van der Waals surface area contributed by atoms with Crippen molar-refractivity contribution in [1.29, 1.82) is 0 Å². The molecule has 0 unspecified atom stereocenters. The lowest BCUT2D eigenvalue weighted by Gasteiger charge is -2.64. The van der Waals surface area contributed by atoms with Crippen molar-refractivity contribution in [2.75, 3.05) is 6.61 Å². The highest BCUT2D eigenvalue weighted by Crippen LogP contribution is 2.69. The van der Waals surface area contributed by atoms with E-state index in [-0.39, 0.29) is 29.3 Å². The minimum atomic E-state index is -0.906. The van der Waals surface area contributed by atoms with Gasteiger partial charge in [0.25, 0.3) is 0 Å². The van der Waals surface area contributed by atoms with Crippen LogP contribution in [0.3, 0.4) is 0 Å². The topological polar surface area (TPSA) is 87.0 Å². The summed E-state index contributed by atoms with van der Waals surface area (Å²) in [7, 11) is 0. The molecule has 28 heavy (non-hydrogen) atoms. The number of carbonyl (C=O) groups excluding carboxylic acids is 1. The maximum Gasteiger partial charge on any atom is 0.331 e. The summed E-state index contributed by atoms with van der Waals surface area (Å²) in [5.74, 6) is 0.657. The Labute approximate surface area is 167 Å². The molecule has 5 aliphatic rings. The maximum atomic E-state index is 12.1. The molecule has 4 aliphatic carbocycles. The lowest BCUT2D eigenvalue weighted by atomic mass is 9.42. The van der Waals surface area contributed by atoms with Crippen molar-refractivity contribution in [2.45, 2.75) is 83.0 Å². The summed E-state index contributed by atoms with van der Waals surface area (Å²) in [6.45, 7) is 4.69. The van der Waals surface area contributed by atoms with Crippen molar-refractivity contribution in [2.24, 2.45) is 34.5 Å². The Balaban J connectivity index is 1.51. The molecule has 0 bridgehead atoms. The first-order valence-corrected chi connectivity index (χ1v) is 11.2. The Morgan fingerprint density at radius 2 is 1.82 bits per heavy atom. The molecule has 0 radical (unpaired) electrons. The van der Waals surface area contributed by atoms with Crippen LogP contribution in [0.25, 0.3) is 0 Å². The second-order valence-corrected chi connectivity index (χ2v) is 10.8. The fraction of sp³-hybridized carbons (Fsp3) is 0.870. The largest absolute Gasteiger partial charge is 0.458 e. The molecule has 5 nitrogen and oxygen atoms in total. The van der Waals surface area contributed by atoms with Gasteiger partial charge in [-0.1, -0.05) is 13.8 Å². The molecule has 1 heterocycles. The number of esters is 1. The minimum absolute atomic E-state index is 0.00129. The first kappa shape index (κ1) is 19.1. The van der Waals surface area contributed by atoms with E-state index >= 15 is 0 Å². The second kappa shape index (κ2) is 6.05. The van der Waals surface area contributed by atoms with E-state index in [1.165, 1.54) is 0 Å². The van der Waals surface area contributed by atoms with Gasteiger partial charge < -0.3 is 20.1 Å². The predicted octanol–water partition coefficient (Wildman–Crippen LogP) is 2.58. The van der Waals surface area contributed by atoms with Crippen LogP contribution in [-0.2, 0) is 9.53 Å². The quantitative estimate of drug-likeness (QED) is 0.599. The fourth-order valence-corrected chi connectivity index (χ4v) is 8.37. The molecular weight excluding hydrogens is 356 g/mol. The molecular formula is C23H34O5. The van der Waals surface area contributed by atoms with Crippen molar-refractivity contribution >= 4 is 5.97 Å². The number of rotatable bonds is 1. The Hall–Kier alpha value is -0.910. The van der Waals surface area contributed by atoms with Crippen molar-refractivity contribution in [3.8, 4) is 0 Å². The summed E-state index contributed by atoms with van der Waals surface area (Å²) < 4.78 is 5.16. The number of ether oxygens (including phenoxy) is 1. The Morgan fingerprint density at radius 1 is 1.04 bits per heavy atom. The predicted molar refractivity (Wildman–Crippen MR) is 103 cm³/mol. The number of aliphatic hydroxyl groups is 3. The van der Waals surface area contributed by atoms with Crippen LogP contribution in [0, 0.1) is 34.5 Å².